The first-order valence-electron chi connectivity index (χ1n) is 5.02. The van der Waals surface area contributed by atoms with Crippen molar-refractivity contribution in [1.29, 1.82) is 0 Å². The molecule has 78 valence electrons. The maximum absolute atomic E-state index is 11.1. The standard InChI is InChI=1S/C10H20ClNO/c1-4-5-6-7-8(2)12-10(13)9(3)11/h8-9H,4-7H2,1-3H3,(H,12,13). The number of halogens is 1. The molecule has 0 saturated carbocycles. The Morgan fingerprint density at radius 1 is 1.38 bits per heavy atom. The van der Waals surface area contributed by atoms with E-state index in [1.165, 1.54) is 19.3 Å². The first-order valence-corrected chi connectivity index (χ1v) is 5.46. The van der Waals surface area contributed by atoms with Crippen LogP contribution in [-0.4, -0.2) is 17.3 Å². The molecule has 0 aromatic rings. The highest BCUT2D eigenvalue weighted by atomic mass is 35.5. The average Bonchev–Trinajstić information content (AvgIpc) is 2.04. The van der Waals surface area contributed by atoms with Crippen LogP contribution in [0, 0.1) is 0 Å². The van der Waals surface area contributed by atoms with E-state index in [1.54, 1.807) is 6.92 Å². The lowest BCUT2D eigenvalue weighted by Gasteiger charge is -2.14. The van der Waals surface area contributed by atoms with Gasteiger partial charge in [-0.2, -0.15) is 0 Å². The van der Waals surface area contributed by atoms with E-state index in [4.69, 9.17) is 11.6 Å². The third kappa shape index (κ3) is 6.88. The van der Waals surface area contributed by atoms with Gasteiger partial charge in [-0.1, -0.05) is 26.2 Å². The van der Waals surface area contributed by atoms with Crippen molar-refractivity contribution in [2.45, 2.75) is 57.9 Å². The number of rotatable bonds is 6. The molecule has 3 heteroatoms. The van der Waals surface area contributed by atoms with Gasteiger partial charge in [-0.15, -0.1) is 11.6 Å². The highest BCUT2D eigenvalue weighted by Crippen LogP contribution is 2.03. The summed E-state index contributed by atoms with van der Waals surface area (Å²) in [4.78, 5) is 11.1. The first-order chi connectivity index (χ1) is 6.07. The average molecular weight is 206 g/mol. The van der Waals surface area contributed by atoms with Crippen molar-refractivity contribution >= 4 is 17.5 Å². The van der Waals surface area contributed by atoms with Crippen molar-refractivity contribution in [3.05, 3.63) is 0 Å². The predicted octanol–water partition coefficient (Wildman–Crippen LogP) is 2.70. The Labute approximate surface area is 86.0 Å². The van der Waals surface area contributed by atoms with Gasteiger partial charge in [-0.25, -0.2) is 0 Å². The second-order valence-corrected chi connectivity index (χ2v) is 4.18. The lowest BCUT2D eigenvalue weighted by molar-refractivity contribution is -0.121. The van der Waals surface area contributed by atoms with Crippen LogP contribution in [0.15, 0.2) is 0 Å². The minimum absolute atomic E-state index is 0.0642. The largest absolute Gasteiger partial charge is 0.352 e. The van der Waals surface area contributed by atoms with Crippen LogP contribution in [0.2, 0.25) is 0 Å². The van der Waals surface area contributed by atoms with E-state index in [2.05, 4.69) is 12.2 Å². The van der Waals surface area contributed by atoms with Crippen molar-refractivity contribution in [2.75, 3.05) is 0 Å². The van der Waals surface area contributed by atoms with E-state index in [0.29, 0.717) is 0 Å². The van der Waals surface area contributed by atoms with Gasteiger partial charge < -0.3 is 5.32 Å². The van der Waals surface area contributed by atoms with E-state index >= 15 is 0 Å². The van der Waals surface area contributed by atoms with Crippen LogP contribution < -0.4 is 5.32 Å². The first kappa shape index (κ1) is 12.8. The van der Waals surface area contributed by atoms with Crippen LogP contribution in [-0.2, 0) is 4.79 Å². The maximum Gasteiger partial charge on any atom is 0.237 e. The number of carbonyl (C=O) groups excluding carboxylic acids is 1. The number of amides is 1. The molecule has 2 atom stereocenters. The van der Waals surface area contributed by atoms with Gasteiger partial charge in [0.2, 0.25) is 5.91 Å². The van der Waals surface area contributed by atoms with Crippen molar-refractivity contribution in [1.82, 2.24) is 5.32 Å². The fraction of sp³-hybridized carbons (Fsp3) is 0.900. The molecule has 0 aromatic heterocycles. The van der Waals surface area contributed by atoms with E-state index in [9.17, 15) is 4.79 Å². The Balaban J connectivity index is 3.50. The Kier molecular flexibility index (Phi) is 7.06. The third-order valence-corrected chi connectivity index (χ3v) is 2.19. The lowest BCUT2D eigenvalue weighted by atomic mass is 10.1. The summed E-state index contributed by atoms with van der Waals surface area (Å²) >= 11 is 5.62. The van der Waals surface area contributed by atoms with E-state index in [-0.39, 0.29) is 11.9 Å². The Morgan fingerprint density at radius 2 is 2.00 bits per heavy atom. The molecule has 0 fully saturated rings. The van der Waals surface area contributed by atoms with Gasteiger partial charge in [0.05, 0.1) is 0 Å². The van der Waals surface area contributed by atoms with Crippen molar-refractivity contribution in [3.63, 3.8) is 0 Å². The Morgan fingerprint density at radius 3 is 2.46 bits per heavy atom. The van der Waals surface area contributed by atoms with Gasteiger partial charge in [0.1, 0.15) is 5.38 Å². The van der Waals surface area contributed by atoms with Crippen LogP contribution in [0.1, 0.15) is 46.5 Å². The van der Waals surface area contributed by atoms with Gasteiger partial charge in [0.15, 0.2) is 0 Å². The number of nitrogens with one attached hydrogen (secondary N) is 1. The molecule has 0 heterocycles. The second-order valence-electron chi connectivity index (χ2n) is 3.52. The molecular weight excluding hydrogens is 186 g/mol. The van der Waals surface area contributed by atoms with Gasteiger partial charge in [-0.05, 0) is 20.3 Å². The molecule has 0 aliphatic carbocycles. The van der Waals surface area contributed by atoms with Crippen LogP contribution in [0.25, 0.3) is 0 Å². The predicted molar refractivity (Wildman–Crippen MR) is 57.1 cm³/mol. The monoisotopic (exact) mass is 205 g/mol. The quantitative estimate of drug-likeness (QED) is 0.525. The van der Waals surface area contributed by atoms with E-state index in [0.717, 1.165) is 6.42 Å². The molecule has 0 aliphatic heterocycles. The number of carbonyl (C=O) groups is 1. The van der Waals surface area contributed by atoms with Gasteiger partial charge >= 0.3 is 0 Å². The van der Waals surface area contributed by atoms with Crippen molar-refractivity contribution in [3.8, 4) is 0 Å². The lowest BCUT2D eigenvalue weighted by Crippen LogP contribution is -2.36. The molecule has 0 aromatic carbocycles. The molecule has 0 aliphatic rings. The second kappa shape index (κ2) is 7.19. The van der Waals surface area contributed by atoms with Crippen molar-refractivity contribution < 1.29 is 4.79 Å². The van der Waals surface area contributed by atoms with Crippen LogP contribution >= 0.6 is 11.6 Å². The topological polar surface area (TPSA) is 29.1 Å². The third-order valence-electron chi connectivity index (χ3n) is 1.99. The van der Waals surface area contributed by atoms with Gasteiger partial charge in [0.25, 0.3) is 0 Å². The van der Waals surface area contributed by atoms with E-state index < -0.39 is 5.38 Å². The summed E-state index contributed by atoms with van der Waals surface area (Å²) in [5, 5.41) is 2.44. The zero-order chi connectivity index (χ0) is 10.3. The Bertz CT molecular complexity index is 148. The molecule has 0 spiro atoms. The minimum atomic E-state index is -0.423. The highest BCUT2D eigenvalue weighted by Gasteiger charge is 2.11. The molecule has 1 amide bonds. The summed E-state index contributed by atoms with van der Waals surface area (Å²) in [6.07, 6.45) is 4.67. The smallest absolute Gasteiger partial charge is 0.237 e. The number of hydrogen-bond donors (Lipinski definition) is 1. The summed E-state index contributed by atoms with van der Waals surface area (Å²) in [5.74, 6) is -0.0642. The van der Waals surface area contributed by atoms with Crippen molar-refractivity contribution in [2.24, 2.45) is 0 Å². The minimum Gasteiger partial charge on any atom is -0.352 e. The number of alkyl halides is 1. The van der Waals surface area contributed by atoms with E-state index in [1.807, 2.05) is 6.92 Å². The Hall–Kier alpha value is -0.240. The zero-order valence-electron chi connectivity index (χ0n) is 8.77. The maximum atomic E-state index is 11.1. The molecule has 2 nitrogen and oxygen atoms in total. The normalized spacial score (nSPS) is 15.1. The SMILES string of the molecule is CCCCCC(C)NC(=O)C(C)Cl. The molecule has 2 unspecified atom stereocenters. The molecule has 0 bridgehead atoms. The van der Waals surface area contributed by atoms with Gasteiger partial charge in [0, 0.05) is 6.04 Å². The highest BCUT2D eigenvalue weighted by molar-refractivity contribution is 6.30. The fourth-order valence-corrected chi connectivity index (χ4v) is 1.19. The molecule has 13 heavy (non-hydrogen) atoms. The van der Waals surface area contributed by atoms with Crippen LogP contribution in [0.4, 0.5) is 0 Å². The molecular formula is C10H20ClNO. The van der Waals surface area contributed by atoms with Crippen LogP contribution in [0.5, 0.6) is 0 Å². The molecule has 1 N–H and O–H groups in total. The summed E-state index contributed by atoms with van der Waals surface area (Å²) in [5.41, 5.74) is 0. The summed E-state index contributed by atoms with van der Waals surface area (Å²) in [6, 6.07) is 0.250. The molecule has 0 rings (SSSR count). The molecule has 0 saturated heterocycles. The van der Waals surface area contributed by atoms with Gasteiger partial charge in [-0.3, -0.25) is 4.79 Å². The number of unbranched alkanes of at least 4 members (excludes halogenated alkanes) is 2. The summed E-state index contributed by atoms with van der Waals surface area (Å²) in [7, 11) is 0. The summed E-state index contributed by atoms with van der Waals surface area (Å²) in [6.45, 7) is 5.88. The molecule has 0 radical (unpaired) electrons. The van der Waals surface area contributed by atoms with Crippen LogP contribution in [0.3, 0.4) is 0 Å². The zero-order valence-corrected chi connectivity index (χ0v) is 9.53. The fourth-order valence-electron chi connectivity index (χ4n) is 1.13. The summed E-state index contributed by atoms with van der Waals surface area (Å²) < 4.78 is 0. The number of hydrogen-bond acceptors (Lipinski definition) is 1.